The summed E-state index contributed by atoms with van der Waals surface area (Å²) in [7, 11) is 0. The fraction of sp³-hybridized carbons (Fsp3) is 0.333. The molecule has 6 nitrogen and oxygen atoms in total. The lowest BCUT2D eigenvalue weighted by Gasteiger charge is -2.20. The summed E-state index contributed by atoms with van der Waals surface area (Å²) in [4.78, 5) is 19.8. The van der Waals surface area contributed by atoms with Gasteiger partial charge in [-0.15, -0.1) is 0 Å². The van der Waals surface area contributed by atoms with Crippen LogP contribution in [0.1, 0.15) is 33.4 Å². The number of fused-ring (bicyclic) bond motifs is 2. The smallest absolute Gasteiger partial charge is 0.272 e. The van der Waals surface area contributed by atoms with E-state index in [4.69, 9.17) is 9.47 Å². The number of aryl methyl sites for hydroxylation is 1. The minimum atomic E-state index is 0.0585. The van der Waals surface area contributed by atoms with Gasteiger partial charge in [0, 0.05) is 30.3 Å². The van der Waals surface area contributed by atoms with E-state index >= 15 is 0 Å². The highest BCUT2D eigenvalue weighted by Crippen LogP contribution is 2.40. The molecule has 1 unspecified atom stereocenters. The van der Waals surface area contributed by atoms with Crippen LogP contribution in [0.5, 0.6) is 11.5 Å². The molecule has 1 amide bonds. The van der Waals surface area contributed by atoms with Crippen molar-refractivity contribution in [3.05, 3.63) is 59.5 Å². The molecule has 1 aromatic carbocycles. The molecule has 3 aromatic rings. The van der Waals surface area contributed by atoms with Gasteiger partial charge < -0.3 is 14.4 Å². The van der Waals surface area contributed by atoms with Crippen LogP contribution in [0.3, 0.4) is 0 Å². The number of thioether (sulfide) groups is 1. The normalized spacial score (nSPS) is 19.0. The number of hydrogen-bond donors (Lipinski definition) is 0. The highest BCUT2D eigenvalue weighted by atomic mass is 32.2. The van der Waals surface area contributed by atoms with Gasteiger partial charge in [-0.1, -0.05) is 12.1 Å². The van der Waals surface area contributed by atoms with Crippen molar-refractivity contribution in [1.29, 1.82) is 0 Å². The Balaban J connectivity index is 1.35. The third-order valence-corrected chi connectivity index (χ3v) is 6.63. The minimum absolute atomic E-state index is 0.0585. The molecule has 0 saturated carbocycles. The molecule has 0 radical (unpaired) electrons. The largest absolute Gasteiger partial charge is 0.454 e. The maximum Gasteiger partial charge on any atom is 0.272 e. The topological polar surface area (TPSA) is 56.1 Å². The summed E-state index contributed by atoms with van der Waals surface area (Å²) in [6, 6.07) is 12.0. The molecule has 2 aliphatic heterocycles. The lowest BCUT2D eigenvalue weighted by Crippen LogP contribution is -2.34. The fourth-order valence-electron chi connectivity index (χ4n) is 3.87. The van der Waals surface area contributed by atoms with E-state index in [0.717, 1.165) is 48.1 Å². The van der Waals surface area contributed by atoms with Crippen LogP contribution in [0.2, 0.25) is 0 Å². The van der Waals surface area contributed by atoms with Crippen molar-refractivity contribution in [3.8, 4) is 11.5 Å². The quantitative estimate of drug-likeness (QED) is 0.662. The number of nitrogens with zero attached hydrogens (tertiary/aromatic N) is 3. The molecule has 7 heteroatoms. The molecule has 0 spiro atoms. The average molecular weight is 395 g/mol. The predicted molar refractivity (Wildman–Crippen MR) is 108 cm³/mol. The number of carbonyl (C=O) groups is 1. The first-order valence-corrected chi connectivity index (χ1v) is 10.5. The zero-order valence-corrected chi connectivity index (χ0v) is 16.4. The lowest BCUT2D eigenvalue weighted by atomic mass is 10.1. The number of pyridine rings is 1. The molecule has 2 aliphatic rings. The van der Waals surface area contributed by atoms with Crippen LogP contribution in [-0.2, 0) is 0 Å². The number of ether oxygens (including phenoxy) is 2. The molecule has 0 aliphatic carbocycles. The molecule has 1 atom stereocenters. The van der Waals surface area contributed by atoms with Gasteiger partial charge in [0.05, 0.1) is 5.69 Å². The second-order valence-electron chi connectivity index (χ2n) is 7.03. The van der Waals surface area contributed by atoms with E-state index in [1.807, 2.05) is 58.4 Å². The van der Waals surface area contributed by atoms with Gasteiger partial charge in [-0.2, -0.15) is 11.8 Å². The molecule has 28 heavy (non-hydrogen) atoms. The van der Waals surface area contributed by atoms with Crippen LogP contribution in [0.4, 0.5) is 0 Å². The van der Waals surface area contributed by atoms with E-state index in [1.54, 1.807) is 0 Å². The minimum Gasteiger partial charge on any atom is -0.454 e. The maximum atomic E-state index is 13.3. The standard InChI is InChI=1S/C21H21N3O3S/c1-14-20(24-8-3-2-4-19(24)22-14)21(25)23-9-7-18(28-11-10-23)15-5-6-16-17(12-15)27-13-26-16/h2-6,8,12,18H,7,9-11,13H2,1H3. The highest BCUT2D eigenvalue weighted by molar-refractivity contribution is 7.99. The lowest BCUT2D eigenvalue weighted by molar-refractivity contribution is 0.0759. The van der Waals surface area contributed by atoms with E-state index in [-0.39, 0.29) is 12.7 Å². The van der Waals surface area contributed by atoms with Crippen LogP contribution in [0.25, 0.3) is 5.65 Å². The number of carbonyl (C=O) groups excluding carboxylic acids is 1. The average Bonchev–Trinajstić information content (AvgIpc) is 3.21. The molecule has 0 N–H and O–H groups in total. The Hall–Kier alpha value is -2.67. The van der Waals surface area contributed by atoms with Crippen molar-refractivity contribution < 1.29 is 14.3 Å². The van der Waals surface area contributed by atoms with Gasteiger partial charge in [-0.05, 0) is 43.2 Å². The van der Waals surface area contributed by atoms with Crippen LogP contribution >= 0.6 is 11.8 Å². The van der Waals surface area contributed by atoms with E-state index in [9.17, 15) is 4.79 Å². The molecule has 1 fully saturated rings. The van der Waals surface area contributed by atoms with E-state index in [2.05, 4.69) is 17.1 Å². The molecule has 144 valence electrons. The van der Waals surface area contributed by atoms with Crippen LogP contribution in [0, 0.1) is 6.92 Å². The van der Waals surface area contributed by atoms with Gasteiger partial charge in [-0.3, -0.25) is 9.20 Å². The number of imidazole rings is 1. The van der Waals surface area contributed by atoms with E-state index in [1.165, 1.54) is 5.56 Å². The second-order valence-corrected chi connectivity index (χ2v) is 8.34. The second kappa shape index (κ2) is 7.05. The summed E-state index contributed by atoms with van der Waals surface area (Å²) in [5.74, 6) is 2.59. The third-order valence-electron chi connectivity index (χ3n) is 5.30. The Morgan fingerprint density at radius 2 is 2.07 bits per heavy atom. The van der Waals surface area contributed by atoms with Crippen LogP contribution < -0.4 is 9.47 Å². The first-order valence-electron chi connectivity index (χ1n) is 9.45. The zero-order chi connectivity index (χ0) is 19.1. The van der Waals surface area contributed by atoms with Crippen molar-refractivity contribution in [1.82, 2.24) is 14.3 Å². The molecular formula is C21H21N3O3S. The summed E-state index contributed by atoms with van der Waals surface area (Å²) in [5.41, 5.74) is 3.49. The van der Waals surface area contributed by atoms with Gasteiger partial charge >= 0.3 is 0 Å². The van der Waals surface area contributed by atoms with Gasteiger partial charge in [-0.25, -0.2) is 4.98 Å². The number of benzene rings is 1. The Labute approximate surface area is 167 Å². The van der Waals surface area contributed by atoms with Crippen LogP contribution in [-0.4, -0.2) is 45.8 Å². The first kappa shape index (κ1) is 17.4. The number of rotatable bonds is 2. The third kappa shape index (κ3) is 2.99. The first-order chi connectivity index (χ1) is 13.7. The molecular weight excluding hydrogens is 374 g/mol. The number of hydrogen-bond acceptors (Lipinski definition) is 5. The summed E-state index contributed by atoms with van der Waals surface area (Å²) in [5, 5.41) is 0.343. The van der Waals surface area contributed by atoms with E-state index < -0.39 is 0 Å². The van der Waals surface area contributed by atoms with Crippen molar-refractivity contribution in [2.24, 2.45) is 0 Å². The molecule has 2 aromatic heterocycles. The maximum absolute atomic E-state index is 13.3. The van der Waals surface area contributed by atoms with Gasteiger partial charge in [0.15, 0.2) is 11.5 Å². The van der Waals surface area contributed by atoms with Crippen molar-refractivity contribution in [2.75, 3.05) is 25.6 Å². The van der Waals surface area contributed by atoms with Crippen molar-refractivity contribution in [3.63, 3.8) is 0 Å². The Morgan fingerprint density at radius 1 is 1.18 bits per heavy atom. The Morgan fingerprint density at radius 3 is 3.00 bits per heavy atom. The SMILES string of the molecule is Cc1nc2ccccn2c1C(=O)N1CCSC(c2ccc3c(c2)OCO3)CC1. The number of amides is 1. The van der Waals surface area contributed by atoms with Crippen molar-refractivity contribution in [2.45, 2.75) is 18.6 Å². The fourth-order valence-corrected chi connectivity index (χ4v) is 5.10. The Bertz CT molecular complexity index is 1050. The molecule has 5 rings (SSSR count). The van der Waals surface area contributed by atoms with Crippen LogP contribution in [0.15, 0.2) is 42.6 Å². The summed E-state index contributed by atoms with van der Waals surface area (Å²) in [6.45, 7) is 3.66. The zero-order valence-electron chi connectivity index (χ0n) is 15.6. The van der Waals surface area contributed by atoms with Gasteiger partial charge in [0.25, 0.3) is 5.91 Å². The van der Waals surface area contributed by atoms with Crippen molar-refractivity contribution >= 4 is 23.3 Å². The highest BCUT2D eigenvalue weighted by Gasteiger charge is 2.27. The summed E-state index contributed by atoms with van der Waals surface area (Å²) >= 11 is 1.90. The predicted octanol–water partition coefficient (Wildman–Crippen LogP) is 3.69. The van der Waals surface area contributed by atoms with Gasteiger partial charge in [0.1, 0.15) is 11.3 Å². The number of aromatic nitrogens is 2. The molecule has 4 heterocycles. The Kier molecular flexibility index (Phi) is 4.39. The summed E-state index contributed by atoms with van der Waals surface area (Å²) in [6.07, 6.45) is 2.82. The molecule has 0 bridgehead atoms. The van der Waals surface area contributed by atoms with E-state index in [0.29, 0.717) is 10.9 Å². The van der Waals surface area contributed by atoms with Gasteiger partial charge in [0.2, 0.25) is 6.79 Å². The molecule has 1 saturated heterocycles. The monoisotopic (exact) mass is 395 g/mol. The summed E-state index contributed by atoms with van der Waals surface area (Å²) < 4.78 is 12.8.